The van der Waals surface area contributed by atoms with Crippen molar-refractivity contribution in [2.75, 3.05) is 24.6 Å². The SMILES string of the molecule is CC1CN(c2ncccc2Cl)CC(CO)O1. The van der Waals surface area contributed by atoms with E-state index in [-0.39, 0.29) is 18.8 Å². The molecule has 1 aromatic heterocycles. The molecular formula is C11H15ClN2O2. The number of aromatic nitrogens is 1. The maximum absolute atomic E-state index is 9.14. The molecule has 1 aliphatic heterocycles. The lowest BCUT2D eigenvalue weighted by atomic mass is 10.2. The molecule has 88 valence electrons. The first-order chi connectivity index (χ1) is 7.70. The highest BCUT2D eigenvalue weighted by Crippen LogP contribution is 2.25. The number of pyridine rings is 1. The molecule has 0 bridgehead atoms. The lowest BCUT2D eigenvalue weighted by Crippen LogP contribution is -2.48. The number of anilines is 1. The Hall–Kier alpha value is -0.840. The Kier molecular flexibility index (Phi) is 3.63. The van der Waals surface area contributed by atoms with Gasteiger partial charge in [-0.25, -0.2) is 4.98 Å². The summed E-state index contributed by atoms with van der Waals surface area (Å²) in [6, 6.07) is 3.62. The van der Waals surface area contributed by atoms with Crippen LogP contribution >= 0.6 is 11.6 Å². The van der Waals surface area contributed by atoms with E-state index in [1.807, 2.05) is 13.0 Å². The van der Waals surface area contributed by atoms with Crippen molar-refractivity contribution in [3.8, 4) is 0 Å². The van der Waals surface area contributed by atoms with Gasteiger partial charge in [-0.05, 0) is 19.1 Å². The van der Waals surface area contributed by atoms with Gasteiger partial charge in [0.25, 0.3) is 0 Å². The summed E-state index contributed by atoms with van der Waals surface area (Å²) < 4.78 is 5.56. The van der Waals surface area contributed by atoms with Gasteiger partial charge in [0.15, 0.2) is 0 Å². The summed E-state index contributed by atoms with van der Waals surface area (Å²) in [6.07, 6.45) is 1.63. The van der Waals surface area contributed by atoms with E-state index < -0.39 is 0 Å². The van der Waals surface area contributed by atoms with Gasteiger partial charge in [-0.15, -0.1) is 0 Å². The van der Waals surface area contributed by atoms with E-state index in [4.69, 9.17) is 21.4 Å². The van der Waals surface area contributed by atoms with Crippen molar-refractivity contribution >= 4 is 17.4 Å². The molecule has 1 saturated heterocycles. The standard InChI is InChI=1S/C11H15ClN2O2/c1-8-5-14(6-9(7-15)16-8)11-10(12)3-2-4-13-11/h2-4,8-9,15H,5-7H2,1H3. The molecule has 1 N–H and O–H groups in total. The van der Waals surface area contributed by atoms with E-state index in [1.54, 1.807) is 12.3 Å². The first-order valence-electron chi connectivity index (χ1n) is 5.32. The highest BCUT2D eigenvalue weighted by atomic mass is 35.5. The van der Waals surface area contributed by atoms with Crippen molar-refractivity contribution in [1.29, 1.82) is 0 Å². The first kappa shape index (κ1) is 11.6. The Morgan fingerprint density at radius 3 is 3.12 bits per heavy atom. The average molecular weight is 243 g/mol. The van der Waals surface area contributed by atoms with Crippen LogP contribution in [0.2, 0.25) is 5.02 Å². The first-order valence-corrected chi connectivity index (χ1v) is 5.70. The van der Waals surface area contributed by atoms with Gasteiger partial charge in [0.05, 0.1) is 23.8 Å². The monoisotopic (exact) mass is 242 g/mol. The van der Waals surface area contributed by atoms with E-state index in [0.717, 1.165) is 12.4 Å². The van der Waals surface area contributed by atoms with Crippen molar-refractivity contribution in [1.82, 2.24) is 4.98 Å². The number of aliphatic hydroxyl groups is 1. The minimum atomic E-state index is -0.165. The summed E-state index contributed by atoms with van der Waals surface area (Å²) in [7, 11) is 0. The average Bonchev–Trinajstić information content (AvgIpc) is 2.28. The van der Waals surface area contributed by atoms with Crippen LogP contribution in [0, 0.1) is 0 Å². The van der Waals surface area contributed by atoms with Gasteiger partial charge >= 0.3 is 0 Å². The van der Waals surface area contributed by atoms with Crippen molar-refractivity contribution in [3.05, 3.63) is 23.4 Å². The number of nitrogens with zero attached hydrogens (tertiary/aromatic N) is 2. The van der Waals surface area contributed by atoms with Crippen LogP contribution in [0.3, 0.4) is 0 Å². The summed E-state index contributed by atoms with van der Waals surface area (Å²) in [5.41, 5.74) is 0. The zero-order chi connectivity index (χ0) is 11.5. The fourth-order valence-corrected chi connectivity index (χ4v) is 2.17. The number of morpholine rings is 1. The Labute approximate surface area is 99.8 Å². The van der Waals surface area contributed by atoms with Gasteiger partial charge in [0.2, 0.25) is 0 Å². The zero-order valence-corrected chi connectivity index (χ0v) is 9.89. The third-order valence-electron chi connectivity index (χ3n) is 2.57. The third-order valence-corrected chi connectivity index (χ3v) is 2.86. The van der Waals surface area contributed by atoms with E-state index in [2.05, 4.69) is 9.88 Å². The molecule has 1 aliphatic rings. The van der Waals surface area contributed by atoms with Gasteiger partial charge in [-0.1, -0.05) is 11.6 Å². The quantitative estimate of drug-likeness (QED) is 0.850. The van der Waals surface area contributed by atoms with Gasteiger partial charge in [0.1, 0.15) is 5.82 Å². The largest absolute Gasteiger partial charge is 0.394 e. The Morgan fingerprint density at radius 2 is 2.44 bits per heavy atom. The van der Waals surface area contributed by atoms with Crippen molar-refractivity contribution in [2.45, 2.75) is 19.1 Å². The second-order valence-electron chi connectivity index (χ2n) is 3.97. The summed E-state index contributed by atoms with van der Waals surface area (Å²) in [5, 5.41) is 9.77. The molecule has 2 rings (SSSR count). The highest BCUT2D eigenvalue weighted by Gasteiger charge is 2.26. The van der Waals surface area contributed by atoms with Gasteiger partial charge in [0, 0.05) is 19.3 Å². The van der Waals surface area contributed by atoms with Crippen LogP contribution in [-0.2, 0) is 4.74 Å². The van der Waals surface area contributed by atoms with Crippen LogP contribution < -0.4 is 4.90 Å². The summed E-state index contributed by atoms with van der Waals surface area (Å²) in [4.78, 5) is 6.31. The third kappa shape index (κ3) is 2.45. The molecule has 0 spiro atoms. The summed E-state index contributed by atoms with van der Waals surface area (Å²) in [6.45, 7) is 3.36. The number of ether oxygens (including phenoxy) is 1. The van der Waals surface area contributed by atoms with Crippen LogP contribution in [0.25, 0.3) is 0 Å². The second-order valence-corrected chi connectivity index (χ2v) is 4.37. The molecule has 4 nitrogen and oxygen atoms in total. The van der Waals surface area contributed by atoms with E-state index in [1.165, 1.54) is 0 Å². The minimum Gasteiger partial charge on any atom is -0.394 e. The predicted octanol–water partition coefficient (Wildman–Crippen LogP) is 1.32. The molecule has 0 aliphatic carbocycles. The zero-order valence-electron chi connectivity index (χ0n) is 9.14. The number of halogens is 1. The fraction of sp³-hybridized carbons (Fsp3) is 0.545. The molecule has 5 heteroatoms. The smallest absolute Gasteiger partial charge is 0.147 e. The Balaban J connectivity index is 2.17. The molecule has 1 aromatic rings. The predicted molar refractivity (Wildman–Crippen MR) is 62.9 cm³/mol. The molecule has 0 amide bonds. The maximum Gasteiger partial charge on any atom is 0.147 e. The van der Waals surface area contributed by atoms with E-state index in [0.29, 0.717) is 11.6 Å². The molecular weight excluding hydrogens is 228 g/mol. The fourth-order valence-electron chi connectivity index (χ4n) is 1.93. The topological polar surface area (TPSA) is 45.6 Å². The van der Waals surface area contributed by atoms with E-state index >= 15 is 0 Å². The molecule has 2 atom stereocenters. The van der Waals surface area contributed by atoms with Crippen LogP contribution in [-0.4, -0.2) is 42.0 Å². The Morgan fingerprint density at radius 1 is 1.62 bits per heavy atom. The molecule has 0 saturated carbocycles. The van der Waals surface area contributed by atoms with Gasteiger partial charge in [-0.2, -0.15) is 0 Å². The molecule has 2 heterocycles. The molecule has 2 unspecified atom stereocenters. The van der Waals surface area contributed by atoms with Crippen LogP contribution in [0.15, 0.2) is 18.3 Å². The lowest BCUT2D eigenvalue weighted by Gasteiger charge is -2.37. The van der Waals surface area contributed by atoms with Crippen LogP contribution in [0.1, 0.15) is 6.92 Å². The van der Waals surface area contributed by atoms with Crippen molar-refractivity contribution in [3.63, 3.8) is 0 Å². The normalized spacial score (nSPS) is 25.8. The molecule has 1 fully saturated rings. The van der Waals surface area contributed by atoms with Crippen molar-refractivity contribution < 1.29 is 9.84 Å². The number of aliphatic hydroxyl groups excluding tert-OH is 1. The van der Waals surface area contributed by atoms with Gasteiger partial charge in [-0.3, -0.25) is 0 Å². The van der Waals surface area contributed by atoms with Gasteiger partial charge < -0.3 is 14.7 Å². The molecule has 0 radical (unpaired) electrons. The Bertz CT molecular complexity index is 362. The molecule has 0 aromatic carbocycles. The number of hydrogen-bond acceptors (Lipinski definition) is 4. The second kappa shape index (κ2) is 4.99. The highest BCUT2D eigenvalue weighted by molar-refractivity contribution is 6.32. The lowest BCUT2D eigenvalue weighted by molar-refractivity contribution is -0.0422. The minimum absolute atomic E-state index is 0.0191. The maximum atomic E-state index is 9.14. The van der Waals surface area contributed by atoms with E-state index in [9.17, 15) is 0 Å². The van der Waals surface area contributed by atoms with Crippen LogP contribution in [0.4, 0.5) is 5.82 Å². The number of rotatable bonds is 2. The van der Waals surface area contributed by atoms with Crippen LogP contribution in [0.5, 0.6) is 0 Å². The molecule has 16 heavy (non-hydrogen) atoms. The van der Waals surface area contributed by atoms with Crippen molar-refractivity contribution in [2.24, 2.45) is 0 Å². The number of hydrogen-bond donors (Lipinski definition) is 1. The summed E-state index contributed by atoms with van der Waals surface area (Å²) >= 11 is 6.09. The summed E-state index contributed by atoms with van der Waals surface area (Å²) in [5.74, 6) is 0.762.